The minimum atomic E-state index is -0.931. The first-order chi connectivity index (χ1) is 16.5. The van der Waals surface area contributed by atoms with Crippen LogP contribution in [0.15, 0.2) is 72.8 Å². The van der Waals surface area contributed by atoms with E-state index in [1.807, 2.05) is 35.2 Å². The minimum Gasteiger partial charge on any atom is -0.448 e. The maximum atomic E-state index is 13.6. The summed E-state index contributed by atoms with van der Waals surface area (Å²) in [7, 11) is 0. The van der Waals surface area contributed by atoms with E-state index in [-0.39, 0.29) is 29.9 Å². The monoisotopic (exact) mass is 457 g/mol. The number of amides is 1. The molecular weight excluding hydrogens is 429 g/mol. The molecule has 0 spiro atoms. The summed E-state index contributed by atoms with van der Waals surface area (Å²) in [5, 5.41) is 11.3. The zero-order chi connectivity index (χ0) is 23.3. The Labute approximate surface area is 199 Å². The summed E-state index contributed by atoms with van der Waals surface area (Å²) in [4.78, 5) is 15.1. The third-order valence-corrected chi connectivity index (χ3v) is 7.82. The van der Waals surface area contributed by atoms with Crippen LogP contribution < -0.4 is 0 Å². The number of nitrogens with zero attached hydrogens (tertiary/aromatic N) is 1. The lowest BCUT2D eigenvalue weighted by Crippen LogP contribution is -2.54. The van der Waals surface area contributed by atoms with Gasteiger partial charge in [-0.3, -0.25) is 0 Å². The number of rotatable bonds is 4. The van der Waals surface area contributed by atoms with E-state index in [0.29, 0.717) is 25.9 Å². The van der Waals surface area contributed by atoms with E-state index < -0.39 is 5.60 Å². The normalized spacial score (nSPS) is 25.2. The van der Waals surface area contributed by atoms with E-state index in [1.165, 1.54) is 34.4 Å². The number of carbonyl (C=O) groups is 1. The van der Waals surface area contributed by atoms with Crippen LogP contribution in [0.1, 0.15) is 48.3 Å². The molecule has 0 aromatic heterocycles. The Morgan fingerprint density at radius 1 is 0.941 bits per heavy atom. The fourth-order valence-electron chi connectivity index (χ4n) is 6.46. The molecule has 2 aliphatic heterocycles. The lowest BCUT2D eigenvalue weighted by Gasteiger charge is -2.43. The highest BCUT2D eigenvalue weighted by Gasteiger charge is 2.50. The molecule has 2 unspecified atom stereocenters. The number of benzene rings is 3. The molecule has 1 aliphatic carbocycles. The second-order valence-corrected chi connectivity index (χ2v) is 10.0. The van der Waals surface area contributed by atoms with Crippen LogP contribution in [0.3, 0.4) is 0 Å². The Morgan fingerprint density at radius 3 is 2.18 bits per heavy atom. The van der Waals surface area contributed by atoms with Crippen molar-refractivity contribution in [3.8, 4) is 11.1 Å². The van der Waals surface area contributed by atoms with E-state index >= 15 is 0 Å². The predicted molar refractivity (Wildman–Crippen MR) is 128 cm³/mol. The molecule has 4 nitrogen and oxygen atoms in total. The maximum Gasteiger partial charge on any atom is 0.410 e. The zero-order valence-corrected chi connectivity index (χ0v) is 19.0. The van der Waals surface area contributed by atoms with Gasteiger partial charge in [-0.15, -0.1) is 0 Å². The highest BCUT2D eigenvalue weighted by atomic mass is 19.1. The number of ether oxygens (including phenoxy) is 1. The van der Waals surface area contributed by atoms with E-state index in [2.05, 4.69) is 24.3 Å². The van der Waals surface area contributed by atoms with Gasteiger partial charge >= 0.3 is 6.09 Å². The first-order valence-electron chi connectivity index (χ1n) is 12.1. The molecular formula is C29H28FNO3. The molecule has 174 valence electrons. The van der Waals surface area contributed by atoms with Gasteiger partial charge in [0.15, 0.2) is 0 Å². The van der Waals surface area contributed by atoms with Crippen LogP contribution >= 0.6 is 0 Å². The van der Waals surface area contributed by atoms with Crippen molar-refractivity contribution in [2.75, 3.05) is 6.61 Å². The molecule has 6 rings (SSSR count). The minimum absolute atomic E-state index is 0.0312. The average Bonchev–Trinajstić information content (AvgIpc) is 3.30. The van der Waals surface area contributed by atoms with Crippen LogP contribution in [0.4, 0.5) is 9.18 Å². The fraction of sp³-hybridized carbons (Fsp3) is 0.345. The molecule has 3 aliphatic rings. The molecule has 2 saturated heterocycles. The van der Waals surface area contributed by atoms with E-state index in [0.717, 1.165) is 18.4 Å². The Balaban J connectivity index is 1.15. The van der Waals surface area contributed by atoms with Crippen molar-refractivity contribution in [1.29, 1.82) is 0 Å². The molecule has 3 aromatic carbocycles. The Hall–Kier alpha value is -3.18. The van der Waals surface area contributed by atoms with Gasteiger partial charge in [0.2, 0.25) is 0 Å². The van der Waals surface area contributed by atoms with Gasteiger partial charge in [-0.25, -0.2) is 9.18 Å². The first kappa shape index (κ1) is 21.4. The van der Waals surface area contributed by atoms with Crippen LogP contribution in [-0.4, -0.2) is 40.4 Å². The Kier molecular flexibility index (Phi) is 5.18. The van der Waals surface area contributed by atoms with Gasteiger partial charge in [0, 0.05) is 24.4 Å². The quantitative estimate of drug-likeness (QED) is 0.549. The van der Waals surface area contributed by atoms with Gasteiger partial charge in [0.05, 0.1) is 5.60 Å². The summed E-state index contributed by atoms with van der Waals surface area (Å²) in [5.74, 6) is -0.260. The number of hydrogen-bond donors (Lipinski definition) is 1. The molecule has 3 aromatic rings. The van der Waals surface area contributed by atoms with Crippen molar-refractivity contribution in [3.63, 3.8) is 0 Å². The molecule has 2 bridgehead atoms. The lowest BCUT2D eigenvalue weighted by atomic mass is 9.81. The summed E-state index contributed by atoms with van der Waals surface area (Å²) in [6.07, 6.45) is 2.81. The van der Waals surface area contributed by atoms with Crippen LogP contribution in [0, 0.1) is 5.82 Å². The molecule has 2 fully saturated rings. The first-order valence-corrected chi connectivity index (χ1v) is 12.1. The van der Waals surface area contributed by atoms with Crippen LogP contribution in [0.25, 0.3) is 11.1 Å². The molecule has 0 saturated carbocycles. The molecule has 1 N–H and O–H groups in total. The summed E-state index contributed by atoms with van der Waals surface area (Å²) >= 11 is 0. The van der Waals surface area contributed by atoms with Crippen molar-refractivity contribution in [3.05, 3.63) is 95.3 Å². The topological polar surface area (TPSA) is 49.8 Å². The van der Waals surface area contributed by atoms with Crippen molar-refractivity contribution in [1.82, 2.24) is 4.90 Å². The van der Waals surface area contributed by atoms with Crippen molar-refractivity contribution in [2.45, 2.75) is 55.7 Å². The largest absolute Gasteiger partial charge is 0.448 e. The fourth-order valence-corrected chi connectivity index (χ4v) is 6.46. The van der Waals surface area contributed by atoms with Crippen molar-refractivity contribution >= 4 is 6.09 Å². The molecule has 5 heteroatoms. The molecule has 34 heavy (non-hydrogen) atoms. The second-order valence-electron chi connectivity index (χ2n) is 10.0. The van der Waals surface area contributed by atoms with Gasteiger partial charge in [-0.2, -0.15) is 0 Å². The molecule has 2 atom stereocenters. The number of fused-ring (bicyclic) bond motifs is 5. The van der Waals surface area contributed by atoms with E-state index in [4.69, 9.17) is 4.74 Å². The summed E-state index contributed by atoms with van der Waals surface area (Å²) < 4.78 is 19.5. The number of aliphatic hydroxyl groups is 1. The smallest absolute Gasteiger partial charge is 0.410 e. The maximum absolute atomic E-state index is 13.6. The van der Waals surface area contributed by atoms with E-state index in [9.17, 15) is 14.3 Å². The lowest BCUT2D eigenvalue weighted by molar-refractivity contribution is -0.0479. The summed E-state index contributed by atoms with van der Waals surface area (Å²) in [5.41, 5.74) is 4.67. The molecule has 2 heterocycles. The van der Waals surface area contributed by atoms with Crippen LogP contribution in [0.5, 0.6) is 0 Å². The number of carbonyl (C=O) groups excluding carboxylic acids is 1. The third kappa shape index (κ3) is 3.68. The molecule has 0 radical (unpaired) electrons. The van der Waals surface area contributed by atoms with Crippen molar-refractivity contribution in [2.24, 2.45) is 0 Å². The molecule has 1 amide bonds. The highest BCUT2D eigenvalue weighted by Crippen LogP contribution is 2.46. The number of halogens is 1. The van der Waals surface area contributed by atoms with Crippen molar-refractivity contribution < 1.29 is 19.0 Å². The standard InChI is InChI=1S/C29H28FNO3/c30-20-7-5-6-19(14-20)15-29(33)16-21-12-13-22(17-29)31(21)28(32)34-18-27-25-10-3-1-8-23(25)24-9-2-4-11-26(24)27/h1-11,14,21-22,27,33H,12-13,15-18H2. The Bertz CT molecular complexity index is 1180. The van der Waals surface area contributed by atoms with Crippen LogP contribution in [0.2, 0.25) is 0 Å². The van der Waals surface area contributed by atoms with Gasteiger partial charge in [-0.1, -0.05) is 60.7 Å². The average molecular weight is 458 g/mol. The SMILES string of the molecule is O=C(OCC1c2ccccc2-c2ccccc21)N1C2CCC1CC(O)(Cc1cccc(F)c1)C2. The van der Waals surface area contributed by atoms with Gasteiger partial charge in [0.25, 0.3) is 0 Å². The highest BCUT2D eigenvalue weighted by molar-refractivity contribution is 5.79. The van der Waals surface area contributed by atoms with Gasteiger partial charge in [-0.05, 0) is 65.6 Å². The van der Waals surface area contributed by atoms with E-state index in [1.54, 1.807) is 6.07 Å². The summed E-state index contributed by atoms with van der Waals surface area (Å²) in [6.45, 7) is 0.302. The predicted octanol–water partition coefficient (Wildman–Crippen LogP) is 5.68. The Morgan fingerprint density at radius 2 is 1.56 bits per heavy atom. The number of piperidine rings is 1. The number of hydrogen-bond acceptors (Lipinski definition) is 3. The second kappa shape index (κ2) is 8.24. The van der Waals surface area contributed by atoms with Gasteiger partial charge in [0.1, 0.15) is 12.4 Å². The van der Waals surface area contributed by atoms with Crippen LogP contribution in [-0.2, 0) is 11.2 Å². The summed E-state index contributed by atoms with van der Waals surface area (Å²) in [6, 6.07) is 23.0. The third-order valence-electron chi connectivity index (χ3n) is 7.82. The zero-order valence-electron chi connectivity index (χ0n) is 19.0. The van der Waals surface area contributed by atoms with Gasteiger partial charge < -0.3 is 14.7 Å².